The van der Waals surface area contributed by atoms with Crippen molar-refractivity contribution >= 4 is 46.4 Å². The van der Waals surface area contributed by atoms with Crippen molar-refractivity contribution in [2.24, 2.45) is 0 Å². The number of piperazine rings is 1. The highest BCUT2D eigenvalue weighted by Gasteiger charge is 2.22. The molecule has 0 aliphatic carbocycles. The predicted octanol–water partition coefficient (Wildman–Crippen LogP) is 6.47. The zero-order chi connectivity index (χ0) is 25.1. The molecule has 3 aromatic carbocycles. The lowest BCUT2D eigenvalue weighted by molar-refractivity contribution is 0.0746. The Kier molecular flexibility index (Phi) is 6.98. The van der Waals surface area contributed by atoms with Gasteiger partial charge in [-0.2, -0.15) is 0 Å². The Morgan fingerprint density at radius 2 is 1.50 bits per heavy atom. The van der Waals surface area contributed by atoms with Crippen LogP contribution < -0.4 is 10.2 Å². The standard InChI is InChI=1S/C28H23Cl2N3O3/c29-21-6-4-19(5-7-21)28(35)33-16-14-32(15-17-33)24-10-8-23(9-11-24)31-27(34)26-13-12-25(36-26)20-2-1-3-22(30)18-20/h1-13,18H,14-17H2,(H,31,34). The summed E-state index contributed by atoms with van der Waals surface area (Å²) in [5.74, 6) is 0.480. The maximum atomic E-state index is 12.7. The van der Waals surface area contributed by atoms with Gasteiger partial charge >= 0.3 is 0 Å². The number of anilines is 2. The van der Waals surface area contributed by atoms with Crippen LogP contribution in [0.25, 0.3) is 11.3 Å². The molecule has 0 unspecified atom stereocenters. The van der Waals surface area contributed by atoms with Crippen LogP contribution >= 0.6 is 23.2 Å². The second-order valence-electron chi connectivity index (χ2n) is 8.46. The molecule has 2 amide bonds. The third-order valence-electron chi connectivity index (χ3n) is 6.09. The highest BCUT2D eigenvalue weighted by atomic mass is 35.5. The second-order valence-corrected chi connectivity index (χ2v) is 9.33. The van der Waals surface area contributed by atoms with E-state index >= 15 is 0 Å². The van der Waals surface area contributed by atoms with Gasteiger partial charge in [0.1, 0.15) is 5.76 Å². The number of carbonyl (C=O) groups is 2. The maximum absolute atomic E-state index is 12.7. The molecule has 1 N–H and O–H groups in total. The van der Waals surface area contributed by atoms with Crippen LogP contribution in [0.3, 0.4) is 0 Å². The first-order chi connectivity index (χ1) is 17.5. The van der Waals surface area contributed by atoms with E-state index in [2.05, 4.69) is 10.2 Å². The summed E-state index contributed by atoms with van der Waals surface area (Å²) < 4.78 is 5.73. The minimum Gasteiger partial charge on any atom is -0.451 e. The summed E-state index contributed by atoms with van der Waals surface area (Å²) in [6, 6.07) is 25.3. The maximum Gasteiger partial charge on any atom is 0.291 e. The van der Waals surface area contributed by atoms with Crippen molar-refractivity contribution in [1.29, 1.82) is 0 Å². The number of hydrogen-bond donors (Lipinski definition) is 1. The van der Waals surface area contributed by atoms with E-state index < -0.39 is 0 Å². The Hall–Kier alpha value is -3.74. The van der Waals surface area contributed by atoms with Crippen LogP contribution in [-0.2, 0) is 0 Å². The Balaban J connectivity index is 1.16. The fourth-order valence-electron chi connectivity index (χ4n) is 4.15. The molecule has 0 spiro atoms. The molecule has 1 aliphatic rings. The molecule has 2 heterocycles. The summed E-state index contributed by atoms with van der Waals surface area (Å²) in [6.45, 7) is 2.72. The van der Waals surface area contributed by atoms with Crippen molar-refractivity contribution in [3.8, 4) is 11.3 Å². The van der Waals surface area contributed by atoms with Gasteiger partial charge in [0.05, 0.1) is 0 Å². The van der Waals surface area contributed by atoms with Crippen molar-refractivity contribution in [2.75, 3.05) is 36.4 Å². The van der Waals surface area contributed by atoms with Crippen molar-refractivity contribution in [3.63, 3.8) is 0 Å². The molecule has 0 atom stereocenters. The van der Waals surface area contributed by atoms with Gasteiger partial charge in [0.25, 0.3) is 11.8 Å². The average molecular weight is 520 g/mol. The number of hydrogen-bond acceptors (Lipinski definition) is 4. The number of halogens is 2. The molecule has 6 nitrogen and oxygen atoms in total. The lowest BCUT2D eigenvalue weighted by Gasteiger charge is -2.36. The minimum absolute atomic E-state index is 0.0147. The highest BCUT2D eigenvalue weighted by molar-refractivity contribution is 6.31. The molecular weight excluding hydrogens is 497 g/mol. The highest BCUT2D eigenvalue weighted by Crippen LogP contribution is 2.26. The molecule has 1 aromatic heterocycles. The second kappa shape index (κ2) is 10.5. The zero-order valence-corrected chi connectivity index (χ0v) is 20.8. The molecule has 36 heavy (non-hydrogen) atoms. The molecular formula is C28H23Cl2N3O3. The number of rotatable bonds is 5. The van der Waals surface area contributed by atoms with Crippen molar-refractivity contribution in [3.05, 3.63) is 106 Å². The number of benzene rings is 3. The van der Waals surface area contributed by atoms with E-state index in [1.54, 1.807) is 48.5 Å². The number of amides is 2. The van der Waals surface area contributed by atoms with Gasteiger partial charge < -0.3 is 19.5 Å². The fraction of sp³-hybridized carbons (Fsp3) is 0.143. The van der Waals surface area contributed by atoms with Gasteiger partial charge in [-0.25, -0.2) is 0 Å². The van der Waals surface area contributed by atoms with Crippen molar-refractivity contribution < 1.29 is 14.0 Å². The SMILES string of the molecule is O=C(Nc1ccc(N2CCN(C(=O)c3ccc(Cl)cc3)CC2)cc1)c1ccc(-c2cccc(Cl)c2)o1. The van der Waals surface area contributed by atoms with E-state index in [0.29, 0.717) is 40.1 Å². The summed E-state index contributed by atoms with van der Waals surface area (Å²) in [7, 11) is 0. The normalized spacial score (nSPS) is 13.5. The van der Waals surface area contributed by atoms with Gasteiger partial charge in [0.2, 0.25) is 0 Å². The summed E-state index contributed by atoms with van der Waals surface area (Å²) in [5, 5.41) is 4.08. The van der Waals surface area contributed by atoms with Crippen molar-refractivity contribution in [2.45, 2.75) is 0 Å². The molecule has 0 saturated carbocycles. The Labute approximate surface area is 219 Å². The minimum atomic E-state index is -0.328. The third-order valence-corrected chi connectivity index (χ3v) is 6.57. The molecule has 0 radical (unpaired) electrons. The predicted molar refractivity (Wildman–Crippen MR) is 143 cm³/mol. The molecule has 182 valence electrons. The fourth-order valence-corrected chi connectivity index (χ4v) is 4.46. The van der Waals surface area contributed by atoms with Gasteiger partial charge in [-0.3, -0.25) is 9.59 Å². The Bertz CT molecular complexity index is 1380. The van der Waals surface area contributed by atoms with Gasteiger partial charge in [-0.1, -0.05) is 35.3 Å². The first-order valence-electron chi connectivity index (χ1n) is 11.5. The number of carbonyl (C=O) groups excluding carboxylic acids is 2. The lowest BCUT2D eigenvalue weighted by Crippen LogP contribution is -2.48. The molecule has 4 aromatic rings. The van der Waals surface area contributed by atoms with E-state index in [0.717, 1.165) is 24.3 Å². The molecule has 1 fully saturated rings. The smallest absolute Gasteiger partial charge is 0.291 e. The summed E-state index contributed by atoms with van der Waals surface area (Å²) in [5.41, 5.74) is 3.15. The van der Waals surface area contributed by atoms with E-state index in [1.165, 1.54) is 0 Å². The van der Waals surface area contributed by atoms with Crippen LogP contribution in [0.2, 0.25) is 10.0 Å². The molecule has 8 heteroatoms. The zero-order valence-electron chi connectivity index (χ0n) is 19.3. The van der Waals surface area contributed by atoms with E-state index in [9.17, 15) is 9.59 Å². The van der Waals surface area contributed by atoms with E-state index in [4.69, 9.17) is 27.6 Å². The monoisotopic (exact) mass is 519 g/mol. The molecule has 1 saturated heterocycles. The lowest BCUT2D eigenvalue weighted by atomic mass is 10.1. The van der Waals surface area contributed by atoms with Crippen LogP contribution in [0.5, 0.6) is 0 Å². The Morgan fingerprint density at radius 1 is 0.778 bits per heavy atom. The summed E-state index contributed by atoms with van der Waals surface area (Å²) in [4.78, 5) is 29.5. The van der Waals surface area contributed by atoms with Crippen LogP contribution in [0, 0.1) is 0 Å². The Morgan fingerprint density at radius 3 is 2.19 bits per heavy atom. The van der Waals surface area contributed by atoms with E-state index in [-0.39, 0.29) is 17.6 Å². The van der Waals surface area contributed by atoms with Gasteiger partial charge in [0.15, 0.2) is 5.76 Å². The average Bonchev–Trinajstić information content (AvgIpc) is 3.40. The number of nitrogens with one attached hydrogen (secondary N) is 1. The first-order valence-corrected chi connectivity index (χ1v) is 12.3. The largest absolute Gasteiger partial charge is 0.451 e. The van der Waals surface area contributed by atoms with Gasteiger partial charge in [-0.15, -0.1) is 0 Å². The van der Waals surface area contributed by atoms with Crippen LogP contribution in [0.4, 0.5) is 11.4 Å². The quantitative estimate of drug-likeness (QED) is 0.328. The van der Waals surface area contributed by atoms with Crippen molar-refractivity contribution in [1.82, 2.24) is 4.90 Å². The van der Waals surface area contributed by atoms with Crippen LogP contribution in [-0.4, -0.2) is 42.9 Å². The molecule has 0 bridgehead atoms. The summed E-state index contributed by atoms with van der Waals surface area (Å²) in [6.07, 6.45) is 0. The molecule has 1 aliphatic heterocycles. The first kappa shape index (κ1) is 24.0. The van der Waals surface area contributed by atoms with Crippen LogP contribution in [0.15, 0.2) is 89.3 Å². The van der Waals surface area contributed by atoms with Gasteiger partial charge in [-0.05, 0) is 72.8 Å². The third kappa shape index (κ3) is 5.40. The molecule has 5 rings (SSSR count). The topological polar surface area (TPSA) is 65.8 Å². The number of furan rings is 1. The summed E-state index contributed by atoms with van der Waals surface area (Å²) >= 11 is 12.0. The van der Waals surface area contributed by atoms with E-state index in [1.807, 2.05) is 41.3 Å². The van der Waals surface area contributed by atoms with Gasteiger partial charge in [0, 0.05) is 58.7 Å². The number of nitrogens with zero attached hydrogens (tertiary/aromatic N) is 2. The van der Waals surface area contributed by atoms with Crippen LogP contribution in [0.1, 0.15) is 20.9 Å².